The fraction of sp³-hybridized carbons (Fsp3) is 0.417. The molecule has 0 aromatic heterocycles. The molecule has 0 aliphatic carbocycles. The second kappa shape index (κ2) is 6.51. The number of hydrogen-bond acceptors (Lipinski definition) is 3. The van der Waals surface area contributed by atoms with E-state index in [4.69, 9.17) is 16.7 Å². The number of sulfonamides is 1. The Morgan fingerprint density at radius 3 is 2.55 bits per heavy atom. The molecule has 0 amide bonds. The maximum absolute atomic E-state index is 13.6. The van der Waals surface area contributed by atoms with Gasteiger partial charge in [-0.25, -0.2) is 12.8 Å². The minimum Gasteiger partial charge on any atom is -0.480 e. The summed E-state index contributed by atoms with van der Waals surface area (Å²) in [5.41, 5.74) is -0.0893. The van der Waals surface area contributed by atoms with E-state index in [1.165, 1.54) is 12.1 Å². The number of benzene rings is 1. The van der Waals surface area contributed by atoms with Crippen molar-refractivity contribution in [2.24, 2.45) is 0 Å². The van der Waals surface area contributed by atoms with Gasteiger partial charge in [0.2, 0.25) is 10.0 Å². The van der Waals surface area contributed by atoms with Gasteiger partial charge < -0.3 is 5.11 Å². The normalized spacial score (nSPS) is 12.1. The maximum Gasteiger partial charge on any atom is 0.318 e. The molecule has 0 saturated carbocycles. The molecule has 0 bridgehead atoms. The summed E-state index contributed by atoms with van der Waals surface area (Å²) in [5.74, 6) is -2.60. The van der Waals surface area contributed by atoms with Crippen molar-refractivity contribution in [1.29, 1.82) is 0 Å². The lowest BCUT2D eigenvalue weighted by Gasteiger charge is -2.24. The van der Waals surface area contributed by atoms with Gasteiger partial charge in [0.15, 0.2) is 0 Å². The van der Waals surface area contributed by atoms with Gasteiger partial charge in [-0.2, -0.15) is 4.31 Å². The Bertz CT molecular complexity index is 603. The molecule has 8 heteroatoms. The molecule has 1 rings (SSSR count). The van der Waals surface area contributed by atoms with Crippen LogP contribution in [0.2, 0.25) is 5.02 Å². The van der Waals surface area contributed by atoms with E-state index in [-0.39, 0.29) is 10.6 Å². The summed E-state index contributed by atoms with van der Waals surface area (Å²) in [6.45, 7) is 2.44. The highest BCUT2D eigenvalue weighted by Gasteiger charge is 2.28. The van der Waals surface area contributed by atoms with Gasteiger partial charge in [0.1, 0.15) is 12.4 Å². The van der Waals surface area contributed by atoms with E-state index in [9.17, 15) is 17.6 Å². The van der Waals surface area contributed by atoms with Crippen molar-refractivity contribution < 1.29 is 22.7 Å². The molecule has 0 heterocycles. The van der Waals surface area contributed by atoms with E-state index in [2.05, 4.69) is 0 Å². The van der Waals surface area contributed by atoms with Crippen LogP contribution in [-0.2, 0) is 20.6 Å². The van der Waals surface area contributed by atoms with Gasteiger partial charge in [-0.1, -0.05) is 11.6 Å². The number of carbonyl (C=O) groups is 1. The quantitative estimate of drug-likeness (QED) is 0.870. The minimum atomic E-state index is -3.96. The van der Waals surface area contributed by atoms with Crippen LogP contribution in [0.25, 0.3) is 0 Å². The Labute approximate surface area is 122 Å². The van der Waals surface area contributed by atoms with Crippen LogP contribution in [0.1, 0.15) is 19.4 Å². The third-order valence-corrected chi connectivity index (χ3v) is 4.75. The third kappa shape index (κ3) is 4.43. The van der Waals surface area contributed by atoms with Gasteiger partial charge in [0, 0.05) is 16.6 Å². The lowest BCUT2D eigenvalue weighted by atomic mass is 10.2. The van der Waals surface area contributed by atoms with Crippen LogP contribution in [0.15, 0.2) is 18.2 Å². The largest absolute Gasteiger partial charge is 0.480 e. The number of rotatable bonds is 6. The Morgan fingerprint density at radius 1 is 1.45 bits per heavy atom. The summed E-state index contributed by atoms with van der Waals surface area (Å²) in [4.78, 5) is 10.7. The number of nitrogens with zero attached hydrogens (tertiary/aromatic N) is 1. The molecule has 112 valence electrons. The summed E-state index contributed by atoms with van der Waals surface area (Å²) in [6, 6.07) is 3.06. The lowest BCUT2D eigenvalue weighted by Crippen LogP contribution is -2.41. The zero-order valence-corrected chi connectivity index (χ0v) is 12.6. The van der Waals surface area contributed by atoms with Gasteiger partial charge in [0.25, 0.3) is 0 Å². The minimum absolute atomic E-state index is 0.0893. The van der Waals surface area contributed by atoms with Crippen LogP contribution in [0.4, 0.5) is 4.39 Å². The first-order valence-corrected chi connectivity index (χ1v) is 7.77. The summed E-state index contributed by atoms with van der Waals surface area (Å²) >= 11 is 5.70. The van der Waals surface area contributed by atoms with E-state index in [1.54, 1.807) is 13.8 Å². The molecule has 5 nitrogen and oxygen atoms in total. The van der Waals surface area contributed by atoms with Crippen molar-refractivity contribution in [3.63, 3.8) is 0 Å². The third-order valence-electron chi connectivity index (χ3n) is 2.57. The van der Waals surface area contributed by atoms with Crippen molar-refractivity contribution in [2.75, 3.05) is 6.54 Å². The molecular formula is C12H15ClFNO4S. The van der Waals surface area contributed by atoms with Gasteiger partial charge in [-0.05, 0) is 32.0 Å². The molecule has 0 aliphatic heterocycles. The first kappa shape index (κ1) is 16.9. The van der Waals surface area contributed by atoms with E-state index < -0.39 is 40.1 Å². The second-order valence-electron chi connectivity index (χ2n) is 4.52. The molecule has 0 saturated heterocycles. The van der Waals surface area contributed by atoms with Crippen molar-refractivity contribution in [1.82, 2.24) is 4.31 Å². The Hall–Kier alpha value is -1.18. The lowest BCUT2D eigenvalue weighted by molar-refractivity contribution is -0.137. The summed E-state index contributed by atoms with van der Waals surface area (Å²) in [5, 5.41) is 8.97. The standard InChI is InChI=1S/C12H15ClFNO4S/c1-8(2)15(6-12(16)17)20(18,19)7-9-5-10(13)3-4-11(9)14/h3-5,8H,6-7H2,1-2H3,(H,16,17). The molecule has 1 N–H and O–H groups in total. The van der Waals surface area contributed by atoms with Crippen LogP contribution >= 0.6 is 11.6 Å². The van der Waals surface area contributed by atoms with Crippen molar-refractivity contribution in [2.45, 2.75) is 25.6 Å². The van der Waals surface area contributed by atoms with Crippen molar-refractivity contribution in [3.8, 4) is 0 Å². The van der Waals surface area contributed by atoms with Crippen LogP contribution < -0.4 is 0 Å². The highest BCUT2D eigenvalue weighted by atomic mass is 35.5. The smallest absolute Gasteiger partial charge is 0.318 e. The predicted octanol–water partition coefficient (Wildman–Crippen LogP) is 2.10. The Balaban J connectivity index is 3.08. The Kier molecular flexibility index (Phi) is 5.50. The highest BCUT2D eigenvalue weighted by molar-refractivity contribution is 7.88. The number of hydrogen-bond donors (Lipinski definition) is 1. The van der Waals surface area contributed by atoms with Crippen molar-refractivity contribution >= 4 is 27.6 Å². The zero-order valence-electron chi connectivity index (χ0n) is 11.0. The second-order valence-corrected chi connectivity index (χ2v) is 6.88. The summed E-state index contributed by atoms with van der Waals surface area (Å²) in [6.07, 6.45) is 0. The predicted molar refractivity (Wildman–Crippen MR) is 73.5 cm³/mol. The molecule has 0 spiro atoms. The fourth-order valence-corrected chi connectivity index (χ4v) is 3.59. The van der Waals surface area contributed by atoms with Gasteiger partial charge in [0.05, 0.1) is 5.75 Å². The fourth-order valence-electron chi connectivity index (χ4n) is 1.67. The first-order chi connectivity index (χ1) is 9.13. The van der Waals surface area contributed by atoms with Crippen LogP contribution in [-0.4, -0.2) is 36.4 Å². The molecule has 0 fully saturated rings. The average Bonchev–Trinajstić information content (AvgIpc) is 2.29. The van der Waals surface area contributed by atoms with Gasteiger partial charge >= 0.3 is 5.97 Å². The molecule has 0 unspecified atom stereocenters. The number of carboxylic acids is 1. The van der Waals surface area contributed by atoms with Crippen LogP contribution in [0.5, 0.6) is 0 Å². The average molecular weight is 324 g/mol. The van der Waals surface area contributed by atoms with Crippen LogP contribution in [0, 0.1) is 5.82 Å². The SMILES string of the molecule is CC(C)N(CC(=O)O)S(=O)(=O)Cc1cc(Cl)ccc1F. The maximum atomic E-state index is 13.6. The molecule has 1 aromatic rings. The van der Waals surface area contributed by atoms with Gasteiger partial charge in [-0.3, -0.25) is 4.79 Å². The van der Waals surface area contributed by atoms with E-state index in [1.807, 2.05) is 0 Å². The molecule has 0 aliphatic rings. The van der Waals surface area contributed by atoms with Crippen LogP contribution in [0.3, 0.4) is 0 Å². The number of carboxylic acid groups (broad SMARTS) is 1. The van der Waals surface area contributed by atoms with E-state index in [0.29, 0.717) is 0 Å². The van der Waals surface area contributed by atoms with Gasteiger partial charge in [-0.15, -0.1) is 0 Å². The summed E-state index contributed by atoms with van der Waals surface area (Å²) in [7, 11) is -3.96. The van der Waals surface area contributed by atoms with E-state index >= 15 is 0 Å². The number of aliphatic carboxylic acids is 1. The molecule has 20 heavy (non-hydrogen) atoms. The highest BCUT2D eigenvalue weighted by Crippen LogP contribution is 2.20. The molecule has 0 atom stereocenters. The topological polar surface area (TPSA) is 74.7 Å². The van der Waals surface area contributed by atoms with Crippen molar-refractivity contribution in [3.05, 3.63) is 34.6 Å². The molecule has 0 radical (unpaired) electrons. The molecular weight excluding hydrogens is 309 g/mol. The summed E-state index contributed by atoms with van der Waals surface area (Å²) < 4.78 is 38.8. The number of halogens is 2. The monoisotopic (exact) mass is 323 g/mol. The van der Waals surface area contributed by atoms with E-state index in [0.717, 1.165) is 10.4 Å². The first-order valence-electron chi connectivity index (χ1n) is 5.78. The molecule has 1 aromatic carbocycles. The Morgan fingerprint density at radius 2 is 2.05 bits per heavy atom. The zero-order chi connectivity index (χ0) is 15.5.